The fourth-order valence-electron chi connectivity index (χ4n) is 1.89. The van der Waals surface area contributed by atoms with Gasteiger partial charge in [0.25, 0.3) is 5.91 Å². The van der Waals surface area contributed by atoms with E-state index in [1.165, 1.54) is 0 Å². The number of hydrogen-bond acceptors (Lipinski definition) is 3. The predicted molar refractivity (Wildman–Crippen MR) is 80.6 cm³/mol. The van der Waals surface area contributed by atoms with Crippen LogP contribution in [0.3, 0.4) is 0 Å². The molecule has 2 N–H and O–H groups in total. The average Bonchev–Trinajstić information content (AvgIpc) is 2.45. The molecular weight excluding hydrogens is 270 g/mol. The summed E-state index contributed by atoms with van der Waals surface area (Å²) in [6.45, 7) is 4.52. The minimum Gasteiger partial charge on any atom is -0.494 e. The highest BCUT2D eigenvalue weighted by atomic mass is 16.5. The van der Waals surface area contributed by atoms with Crippen LogP contribution in [0.25, 0.3) is 0 Å². The summed E-state index contributed by atoms with van der Waals surface area (Å²) in [6.07, 6.45) is 2.23. The van der Waals surface area contributed by atoms with Gasteiger partial charge in [-0.2, -0.15) is 0 Å². The van der Waals surface area contributed by atoms with Crippen molar-refractivity contribution in [3.63, 3.8) is 0 Å². The van der Waals surface area contributed by atoms with Crippen LogP contribution < -0.4 is 10.1 Å². The predicted octanol–water partition coefficient (Wildman–Crippen LogP) is 2.85. The maximum absolute atomic E-state index is 12.1. The number of carboxylic acid groups (broad SMARTS) is 1. The van der Waals surface area contributed by atoms with Crippen LogP contribution in [0.2, 0.25) is 0 Å². The van der Waals surface area contributed by atoms with Gasteiger partial charge >= 0.3 is 5.97 Å². The summed E-state index contributed by atoms with van der Waals surface area (Å²) in [4.78, 5) is 22.5. The Morgan fingerprint density at radius 2 is 2.14 bits per heavy atom. The Hall–Kier alpha value is -2.04. The van der Waals surface area contributed by atoms with E-state index >= 15 is 0 Å². The van der Waals surface area contributed by atoms with Gasteiger partial charge in [-0.1, -0.05) is 13.0 Å². The van der Waals surface area contributed by atoms with E-state index in [1.807, 2.05) is 19.9 Å². The molecule has 0 aliphatic heterocycles. The Balaban J connectivity index is 2.48. The smallest absolute Gasteiger partial charge is 0.303 e. The van der Waals surface area contributed by atoms with Crippen molar-refractivity contribution in [3.8, 4) is 5.75 Å². The molecule has 21 heavy (non-hydrogen) atoms. The minimum atomic E-state index is -0.811. The van der Waals surface area contributed by atoms with Crippen molar-refractivity contribution in [2.75, 3.05) is 6.61 Å². The first kappa shape index (κ1) is 17.0. The molecule has 1 rings (SSSR count). The van der Waals surface area contributed by atoms with Crippen LogP contribution in [0.5, 0.6) is 5.75 Å². The molecule has 0 radical (unpaired) electrons. The van der Waals surface area contributed by atoms with Crippen molar-refractivity contribution < 1.29 is 19.4 Å². The van der Waals surface area contributed by atoms with Crippen molar-refractivity contribution >= 4 is 11.9 Å². The average molecular weight is 293 g/mol. The van der Waals surface area contributed by atoms with Crippen LogP contribution >= 0.6 is 0 Å². The molecule has 0 fully saturated rings. The van der Waals surface area contributed by atoms with E-state index in [4.69, 9.17) is 9.84 Å². The monoisotopic (exact) mass is 293 g/mol. The van der Waals surface area contributed by atoms with Crippen LogP contribution in [0.15, 0.2) is 24.3 Å². The summed E-state index contributed by atoms with van der Waals surface area (Å²) in [5.41, 5.74) is 0.550. The fraction of sp³-hybridized carbons (Fsp3) is 0.500. The second-order valence-corrected chi connectivity index (χ2v) is 5.04. The molecule has 0 saturated heterocycles. The van der Waals surface area contributed by atoms with Gasteiger partial charge in [0.1, 0.15) is 5.75 Å². The maximum Gasteiger partial charge on any atom is 0.303 e. The molecular formula is C16H23NO4. The molecule has 1 aromatic rings. The second-order valence-electron chi connectivity index (χ2n) is 5.04. The highest BCUT2D eigenvalue weighted by Crippen LogP contribution is 2.14. The molecule has 1 aromatic carbocycles. The number of carbonyl (C=O) groups is 2. The molecule has 0 aliphatic carbocycles. The van der Waals surface area contributed by atoms with Crippen molar-refractivity contribution in [3.05, 3.63) is 29.8 Å². The van der Waals surface area contributed by atoms with Gasteiger partial charge in [-0.3, -0.25) is 9.59 Å². The van der Waals surface area contributed by atoms with Gasteiger partial charge in [0.2, 0.25) is 0 Å². The first-order chi connectivity index (χ1) is 10.0. The molecule has 1 atom stereocenters. The van der Waals surface area contributed by atoms with Gasteiger partial charge in [0, 0.05) is 18.0 Å². The maximum atomic E-state index is 12.1. The van der Waals surface area contributed by atoms with Crippen LogP contribution in [0, 0.1) is 0 Å². The molecule has 5 heteroatoms. The number of amides is 1. The molecule has 1 unspecified atom stereocenters. The van der Waals surface area contributed by atoms with E-state index in [0.717, 1.165) is 6.42 Å². The highest BCUT2D eigenvalue weighted by Gasteiger charge is 2.11. The van der Waals surface area contributed by atoms with Crippen molar-refractivity contribution in [1.29, 1.82) is 0 Å². The highest BCUT2D eigenvalue weighted by molar-refractivity contribution is 5.94. The van der Waals surface area contributed by atoms with E-state index in [0.29, 0.717) is 30.8 Å². The third-order valence-corrected chi connectivity index (χ3v) is 2.97. The van der Waals surface area contributed by atoms with E-state index in [9.17, 15) is 9.59 Å². The Morgan fingerprint density at radius 1 is 1.38 bits per heavy atom. The van der Waals surface area contributed by atoms with Gasteiger partial charge in [0.05, 0.1) is 6.61 Å². The van der Waals surface area contributed by atoms with Crippen molar-refractivity contribution in [1.82, 2.24) is 5.32 Å². The number of ether oxygens (including phenoxy) is 1. The third kappa shape index (κ3) is 6.79. The normalized spacial score (nSPS) is 11.7. The van der Waals surface area contributed by atoms with E-state index < -0.39 is 5.97 Å². The topological polar surface area (TPSA) is 75.6 Å². The lowest BCUT2D eigenvalue weighted by Crippen LogP contribution is -2.32. The van der Waals surface area contributed by atoms with Crippen LogP contribution in [0.4, 0.5) is 0 Å². The SMILES string of the molecule is CCCOc1cccc(C(=O)NC(C)CCCC(=O)O)c1. The van der Waals surface area contributed by atoms with Gasteiger partial charge in [-0.05, 0) is 44.4 Å². The third-order valence-electron chi connectivity index (χ3n) is 2.97. The number of aliphatic carboxylic acids is 1. The van der Waals surface area contributed by atoms with Crippen molar-refractivity contribution in [2.45, 2.75) is 45.6 Å². The Kier molecular flexibility index (Phi) is 7.29. The first-order valence-corrected chi connectivity index (χ1v) is 7.28. The number of nitrogens with one attached hydrogen (secondary N) is 1. The number of benzene rings is 1. The summed E-state index contributed by atoms with van der Waals surface area (Å²) < 4.78 is 5.50. The molecule has 116 valence electrons. The summed E-state index contributed by atoms with van der Waals surface area (Å²) in [7, 11) is 0. The number of carbonyl (C=O) groups excluding carboxylic acids is 1. The van der Waals surface area contributed by atoms with Gasteiger partial charge < -0.3 is 15.2 Å². The molecule has 0 heterocycles. The largest absolute Gasteiger partial charge is 0.494 e. The summed E-state index contributed by atoms with van der Waals surface area (Å²) in [6, 6.07) is 7.00. The summed E-state index contributed by atoms with van der Waals surface area (Å²) in [5.74, 6) is -0.294. The number of carboxylic acids is 1. The number of rotatable bonds is 9. The lowest BCUT2D eigenvalue weighted by molar-refractivity contribution is -0.137. The fourth-order valence-corrected chi connectivity index (χ4v) is 1.89. The van der Waals surface area contributed by atoms with Gasteiger partial charge in [0.15, 0.2) is 0 Å². The quantitative estimate of drug-likeness (QED) is 0.734. The minimum absolute atomic E-state index is 0.0583. The Bertz CT molecular complexity index is 473. The van der Waals surface area contributed by atoms with E-state index in [-0.39, 0.29) is 18.4 Å². The van der Waals surface area contributed by atoms with Gasteiger partial charge in [-0.15, -0.1) is 0 Å². The summed E-state index contributed by atoms with van der Waals surface area (Å²) >= 11 is 0. The standard InChI is InChI=1S/C16H23NO4/c1-3-10-21-14-8-5-7-13(11-14)16(20)17-12(2)6-4-9-15(18)19/h5,7-8,11-12H,3-4,6,9-10H2,1-2H3,(H,17,20)(H,18,19). The Labute approximate surface area is 125 Å². The van der Waals surface area contributed by atoms with Crippen LogP contribution in [-0.2, 0) is 4.79 Å². The molecule has 0 spiro atoms. The van der Waals surface area contributed by atoms with Crippen molar-refractivity contribution in [2.24, 2.45) is 0 Å². The molecule has 0 saturated carbocycles. The van der Waals surface area contributed by atoms with E-state index in [2.05, 4.69) is 5.32 Å². The lowest BCUT2D eigenvalue weighted by Gasteiger charge is -2.14. The lowest BCUT2D eigenvalue weighted by atomic mass is 10.1. The zero-order valence-corrected chi connectivity index (χ0v) is 12.6. The second kappa shape index (κ2) is 9.00. The molecule has 0 aliphatic rings. The Morgan fingerprint density at radius 3 is 2.81 bits per heavy atom. The zero-order chi connectivity index (χ0) is 15.7. The molecule has 0 bridgehead atoms. The summed E-state index contributed by atoms with van der Waals surface area (Å²) in [5, 5.41) is 11.5. The van der Waals surface area contributed by atoms with Crippen LogP contribution in [-0.4, -0.2) is 29.6 Å². The molecule has 5 nitrogen and oxygen atoms in total. The van der Waals surface area contributed by atoms with Crippen LogP contribution in [0.1, 0.15) is 49.9 Å². The molecule has 0 aromatic heterocycles. The van der Waals surface area contributed by atoms with Gasteiger partial charge in [-0.25, -0.2) is 0 Å². The van der Waals surface area contributed by atoms with E-state index in [1.54, 1.807) is 18.2 Å². The zero-order valence-electron chi connectivity index (χ0n) is 12.6. The first-order valence-electron chi connectivity index (χ1n) is 7.28. The molecule has 1 amide bonds. The number of hydrogen-bond donors (Lipinski definition) is 2.